The average Bonchev–Trinajstić information content (AvgIpc) is 2.83. The fourth-order valence-corrected chi connectivity index (χ4v) is 2.79. The second-order valence-electron chi connectivity index (χ2n) is 4.54. The number of fused-ring (bicyclic) bond motifs is 1. The average molecular weight is 308 g/mol. The number of carbonyl (C=O) groups is 2. The molecule has 112 valence electrons. The van der Waals surface area contributed by atoms with E-state index in [1.54, 1.807) is 24.7 Å². The predicted molar refractivity (Wildman–Crippen MR) is 79.4 cm³/mol. The SMILES string of the molecule is CNC(=O)C(C)n1c(SCC(=O)O)nc2c(C)ccnc21. The Balaban J connectivity index is 2.57. The van der Waals surface area contributed by atoms with E-state index in [-0.39, 0.29) is 11.7 Å². The lowest BCUT2D eigenvalue weighted by Gasteiger charge is -2.14. The fourth-order valence-electron chi connectivity index (χ4n) is 1.99. The molecule has 0 saturated heterocycles. The molecule has 2 N–H and O–H groups in total. The molecule has 0 spiro atoms. The number of rotatable bonds is 5. The zero-order chi connectivity index (χ0) is 15.6. The highest BCUT2D eigenvalue weighted by Gasteiger charge is 2.23. The van der Waals surface area contributed by atoms with Gasteiger partial charge in [-0.15, -0.1) is 0 Å². The standard InChI is InChI=1S/C13H16N4O3S/c1-7-4-5-15-11-10(7)16-13(21-6-9(18)19)17(11)8(2)12(20)14-3/h4-5,8H,6H2,1-3H3,(H,14,20)(H,18,19). The van der Waals surface area contributed by atoms with E-state index in [1.165, 1.54) is 0 Å². The highest BCUT2D eigenvalue weighted by molar-refractivity contribution is 7.99. The van der Waals surface area contributed by atoms with Gasteiger partial charge in [0.25, 0.3) is 0 Å². The van der Waals surface area contributed by atoms with Crippen LogP contribution in [0.4, 0.5) is 0 Å². The summed E-state index contributed by atoms with van der Waals surface area (Å²) in [4.78, 5) is 31.4. The van der Waals surface area contributed by atoms with Crippen LogP contribution in [-0.2, 0) is 9.59 Å². The lowest BCUT2D eigenvalue weighted by Crippen LogP contribution is -2.28. The Hall–Kier alpha value is -2.09. The van der Waals surface area contributed by atoms with Crippen LogP contribution in [0.1, 0.15) is 18.5 Å². The van der Waals surface area contributed by atoms with Crippen molar-refractivity contribution in [3.63, 3.8) is 0 Å². The topological polar surface area (TPSA) is 97.1 Å². The molecule has 0 aliphatic rings. The summed E-state index contributed by atoms with van der Waals surface area (Å²) >= 11 is 1.08. The number of aryl methyl sites for hydroxylation is 1. The molecule has 2 heterocycles. The normalized spacial score (nSPS) is 12.3. The number of carboxylic acids is 1. The molecule has 0 aliphatic heterocycles. The van der Waals surface area contributed by atoms with Crippen LogP contribution in [0.3, 0.4) is 0 Å². The van der Waals surface area contributed by atoms with Crippen LogP contribution in [-0.4, -0.2) is 44.3 Å². The van der Waals surface area contributed by atoms with E-state index in [9.17, 15) is 9.59 Å². The number of hydrogen-bond donors (Lipinski definition) is 2. The molecule has 0 aliphatic carbocycles. The Kier molecular flexibility index (Phi) is 4.46. The number of pyridine rings is 1. The summed E-state index contributed by atoms with van der Waals surface area (Å²) in [5.74, 6) is -1.24. The second-order valence-corrected chi connectivity index (χ2v) is 5.48. The Labute approximate surface area is 125 Å². The van der Waals surface area contributed by atoms with E-state index >= 15 is 0 Å². The lowest BCUT2D eigenvalue weighted by molar-refractivity contribution is -0.133. The van der Waals surface area contributed by atoms with Crippen LogP contribution in [0.2, 0.25) is 0 Å². The number of amides is 1. The summed E-state index contributed by atoms with van der Waals surface area (Å²) in [6.07, 6.45) is 1.65. The number of carbonyl (C=O) groups excluding carboxylic acids is 1. The summed E-state index contributed by atoms with van der Waals surface area (Å²) in [6.45, 7) is 3.63. The molecule has 1 atom stereocenters. The van der Waals surface area contributed by atoms with Gasteiger partial charge < -0.3 is 10.4 Å². The third-order valence-corrected chi connectivity index (χ3v) is 4.02. The molecule has 21 heavy (non-hydrogen) atoms. The van der Waals surface area contributed by atoms with Gasteiger partial charge in [0.05, 0.1) is 5.75 Å². The first kappa shape index (κ1) is 15.3. The number of aliphatic carboxylic acids is 1. The first-order chi connectivity index (χ1) is 9.95. The van der Waals surface area contributed by atoms with Crippen molar-refractivity contribution >= 4 is 34.8 Å². The molecule has 8 heteroatoms. The fraction of sp³-hybridized carbons (Fsp3) is 0.385. The van der Waals surface area contributed by atoms with Gasteiger partial charge in [0.1, 0.15) is 11.6 Å². The van der Waals surface area contributed by atoms with Gasteiger partial charge in [-0.3, -0.25) is 14.2 Å². The number of nitrogens with one attached hydrogen (secondary N) is 1. The van der Waals surface area contributed by atoms with E-state index in [2.05, 4.69) is 15.3 Å². The van der Waals surface area contributed by atoms with E-state index in [0.717, 1.165) is 17.3 Å². The first-order valence-electron chi connectivity index (χ1n) is 6.35. The van der Waals surface area contributed by atoms with Gasteiger partial charge in [-0.2, -0.15) is 0 Å². The Morgan fingerprint density at radius 2 is 2.24 bits per heavy atom. The van der Waals surface area contributed by atoms with Gasteiger partial charge >= 0.3 is 5.97 Å². The third kappa shape index (κ3) is 2.99. The number of imidazole rings is 1. The Bertz CT molecular complexity index is 698. The molecular formula is C13H16N4O3S. The van der Waals surface area contributed by atoms with Gasteiger partial charge in [-0.05, 0) is 25.5 Å². The monoisotopic (exact) mass is 308 g/mol. The van der Waals surface area contributed by atoms with Gasteiger partial charge in [-0.1, -0.05) is 11.8 Å². The number of likely N-dealkylation sites (N-methyl/N-ethyl adjacent to an activating group) is 1. The number of hydrogen-bond acceptors (Lipinski definition) is 5. The largest absolute Gasteiger partial charge is 0.481 e. The molecule has 7 nitrogen and oxygen atoms in total. The third-order valence-electron chi connectivity index (χ3n) is 3.09. The quantitative estimate of drug-likeness (QED) is 0.806. The van der Waals surface area contributed by atoms with Gasteiger partial charge in [-0.25, -0.2) is 9.97 Å². The van der Waals surface area contributed by atoms with Gasteiger partial charge in [0.2, 0.25) is 5.91 Å². The van der Waals surface area contributed by atoms with Crippen molar-refractivity contribution in [2.45, 2.75) is 25.0 Å². The van der Waals surface area contributed by atoms with Crippen LogP contribution < -0.4 is 5.32 Å². The van der Waals surface area contributed by atoms with Gasteiger partial charge in [0.15, 0.2) is 10.8 Å². The van der Waals surface area contributed by atoms with Crippen molar-refractivity contribution in [2.24, 2.45) is 0 Å². The summed E-state index contributed by atoms with van der Waals surface area (Å²) in [5, 5.41) is 11.9. The van der Waals surface area contributed by atoms with Crippen molar-refractivity contribution in [3.8, 4) is 0 Å². The first-order valence-corrected chi connectivity index (χ1v) is 7.34. The summed E-state index contributed by atoms with van der Waals surface area (Å²) < 4.78 is 1.68. The minimum Gasteiger partial charge on any atom is -0.481 e. The van der Waals surface area contributed by atoms with Gasteiger partial charge in [0, 0.05) is 13.2 Å². The van der Waals surface area contributed by atoms with Crippen molar-refractivity contribution in [1.29, 1.82) is 0 Å². The van der Waals surface area contributed by atoms with Crippen LogP contribution in [0.5, 0.6) is 0 Å². The molecule has 1 amide bonds. The molecule has 0 bridgehead atoms. The van der Waals surface area contributed by atoms with Crippen molar-refractivity contribution in [2.75, 3.05) is 12.8 Å². The van der Waals surface area contributed by atoms with Crippen LogP contribution >= 0.6 is 11.8 Å². The van der Waals surface area contributed by atoms with Crippen LogP contribution in [0.15, 0.2) is 17.4 Å². The maximum Gasteiger partial charge on any atom is 0.313 e. The molecule has 1 unspecified atom stereocenters. The van der Waals surface area contributed by atoms with Crippen LogP contribution in [0.25, 0.3) is 11.2 Å². The Morgan fingerprint density at radius 1 is 1.52 bits per heavy atom. The number of nitrogens with zero attached hydrogens (tertiary/aromatic N) is 3. The van der Waals surface area contributed by atoms with Crippen LogP contribution in [0, 0.1) is 6.92 Å². The lowest BCUT2D eigenvalue weighted by atomic mass is 10.2. The maximum absolute atomic E-state index is 11.9. The van der Waals surface area contributed by atoms with Crippen molar-refractivity contribution in [3.05, 3.63) is 17.8 Å². The summed E-state index contributed by atoms with van der Waals surface area (Å²) in [5.41, 5.74) is 2.19. The zero-order valence-electron chi connectivity index (χ0n) is 12.0. The highest BCUT2D eigenvalue weighted by atomic mass is 32.2. The number of carboxylic acid groups (broad SMARTS) is 1. The minimum absolute atomic E-state index is 0.122. The molecule has 2 aromatic rings. The van der Waals surface area contributed by atoms with Crippen molar-refractivity contribution in [1.82, 2.24) is 19.9 Å². The smallest absolute Gasteiger partial charge is 0.313 e. The predicted octanol–water partition coefficient (Wildman–Crippen LogP) is 1.22. The zero-order valence-corrected chi connectivity index (χ0v) is 12.8. The minimum atomic E-state index is -0.934. The number of aromatic nitrogens is 3. The highest BCUT2D eigenvalue weighted by Crippen LogP contribution is 2.28. The molecule has 0 saturated carbocycles. The molecule has 2 aromatic heterocycles. The van der Waals surface area contributed by atoms with Crippen molar-refractivity contribution < 1.29 is 14.7 Å². The van der Waals surface area contributed by atoms with E-state index in [4.69, 9.17) is 5.11 Å². The van der Waals surface area contributed by atoms with E-state index in [0.29, 0.717) is 16.3 Å². The van der Waals surface area contributed by atoms with E-state index < -0.39 is 12.0 Å². The Morgan fingerprint density at radius 3 is 2.86 bits per heavy atom. The summed E-state index contributed by atoms with van der Waals surface area (Å²) in [7, 11) is 1.56. The number of thioether (sulfide) groups is 1. The summed E-state index contributed by atoms with van der Waals surface area (Å²) in [6, 6.07) is 1.31. The molecule has 0 aromatic carbocycles. The molecule has 0 radical (unpaired) electrons. The van der Waals surface area contributed by atoms with E-state index in [1.807, 2.05) is 13.0 Å². The molecule has 0 fully saturated rings. The maximum atomic E-state index is 11.9. The molecule has 2 rings (SSSR count). The molecular weight excluding hydrogens is 292 g/mol. The second kappa shape index (κ2) is 6.13.